The highest BCUT2D eigenvalue weighted by Crippen LogP contribution is 2.37. The SMILES string of the molecule is CCN(CC)S(=O)(=O)c1ccc2c(c1)N(CC(=O)NC1CCCC1)C(=O)CS2. The summed E-state index contributed by atoms with van der Waals surface area (Å²) in [6, 6.07) is 5.00. The molecule has 0 spiro atoms. The second-order valence-corrected chi connectivity index (χ2v) is 9.99. The molecule has 28 heavy (non-hydrogen) atoms. The molecule has 1 saturated carbocycles. The monoisotopic (exact) mass is 425 g/mol. The van der Waals surface area contributed by atoms with E-state index in [9.17, 15) is 18.0 Å². The van der Waals surface area contributed by atoms with E-state index in [4.69, 9.17) is 0 Å². The number of amides is 2. The highest BCUT2D eigenvalue weighted by molar-refractivity contribution is 8.00. The normalized spacial score (nSPS) is 17.8. The second kappa shape index (κ2) is 8.84. The van der Waals surface area contributed by atoms with E-state index in [0.29, 0.717) is 18.8 Å². The summed E-state index contributed by atoms with van der Waals surface area (Å²) in [5.74, 6) is -0.141. The molecule has 1 aromatic rings. The van der Waals surface area contributed by atoms with Crippen LogP contribution in [0.15, 0.2) is 28.0 Å². The number of carbonyl (C=O) groups excluding carboxylic acids is 2. The molecule has 0 bridgehead atoms. The summed E-state index contributed by atoms with van der Waals surface area (Å²) in [5.41, 5.74) is 0.496. The third-order valence-corrected chi connectivity index (χ3v) is 8.33. The lowest BCUT2D eigenvalue weighted by Crippen LogP contribution is -2.45. The van der Waals surface area contributed by atoms with Crippen LogP contribution in [0.3, 0.4) is 0 Å². The average Bonchev–Trinajstić information content (AvgIpc) is 3.17. The highest BCUT2D eigenvalue weighted by Gasteiger charge is 2.30. The lowest BCUT2D eigenvalue weighted by molar-refractivity contribution is -0.123. The van der Waals surface area contributed by atoms with E-state index in [-0.39, 0.29) is 35.0 Å². The van der Waals surface area contributed by atoms with Crippen molar-refractivity contribution in [3.63, 3.8) is 0 Å². The Hall–Kier alpha value is -1.58. The van der Waals surface area contributed by atoms with Crippen molar-refractivity contribution >= 4 is 39.3 Å². The van der Waals surface area contributed by atoms with Gasteiger partial charge in [-0.2, -0.15) is 4.31 Å². The van der Waals surface area contributed by atoms with Gasteiger partial charge in [0.15, 0.2) is 0 Å². The standard InChI is InChI=1S/C19H27N3O4S2/c1-3-21(4-2)28(25,26)15-9-10-17-16(11-15)22(19(24)13-27-17)12-18(23)20-14-7-5-6-8-14/h9-11,14H,3-8,12-13H2,1-2H3,(H,20,23). The maximum Gasteiger partial charge on any atom is 0.243 e. The molecule has 0 atom stereocenters. The van der Waals surface area contributed by atoms with Crippen molar-refractivity contribution in [2.75, 3.05) is 30.3 Å². The van der Waals surface area contributed by atoms with Crippen molar-refractivity contribution in [2.45, 2.75) is 55.4 Å². The van der Waals surface area contributed by atoms with E-state index in [1.165, 1.54) is 27.0 Å². The first kappa shape index (κ1) is 21.1. The van der Waals surface area contributed by atoms with Crippen LogP contribution >= 0.6 is 11.8 Å². The number of rotatable bonds is 7. The summed E-state index contributed by atoms with van der Waals surface area (Å²) in [6.45, 7) is 4.24. The summed E-state index contributed by atoms with van der Waals surface area (Å²) in [4.78, 5) is 27.3. The molecule has 9 heteroatoms. The summed E-state index contributed by atoms with van der Waals surface area (Å²) in [6.07, 6.45) is 4.16. The van der Waals surface area contributed by atoms with E-state index in [1.807, 2.05) is 0 Å². The van der Waals surface area contributed by atoms with Gasteiger partial charge < -0.3 is 10.2 Å². The van der Waals surface area contributed by atoms with Crippen molar-refractivity contribution in [3.05, 3.63) is 18.2 Å². The first-order valence-electron chi connectivity index (χ1n) is 9.73. The molecule has 1 aliphatic carbocycles. The van der Waals surface area contributed by atoms with E-state index in [2.05, 4.69) is 5.32 Å². The first-order valence-corrected chi connectivity index (χ1v) is 12.2. The zero-order valence-corrected chi connectivity index (χ0v) is 17.9. The second-order valence-electron chi connectivity index (χ2n) is 7.04. The minimum Gasteiger partial charge on any atom is -0.352 e. The summed E-state index contributed by atoms with van der Waals surface area (Å²) >= 11 is 1.37. The fourth-order valence-corrected chi connectivity index (χ4v) is 6.11. The minimum absolute atomic E-state index is 0.0857. The van der Waals surface area contributed by atoms with Crippen LogP contribution in [0, 0.1) is 0 Å². The number of hydrogen-bond acceptors (Lipinski definition) is 5. The summed E-state index contributed by atoms with van der Waals surface area (Å²) in [5, 5.41) is 2.99. The Morgan fingerprint density at radius 2 is 1.93 bits per heavy atom. The van der Waals surface area contributed by atoms with Crippen LogP contribution in [0.4, 0.5) is 5.69 Å². The molecule has 2 amide bonds. The quantitative estimate of drug-likeness (QED) is 0.724. The number of hydrogen-bond donors (Lipinski definition) is 1. The van der Waals surface area contributed by atoms with Crippen LogP contribution in [0.5, 0.6) is 0 Å². The van der Waals surface area contributed by atoms with Gasteiger partial charge in [0.05, 0.1) is 16.3 Å². The third kappa shape index (κ3) is 4.36. The predicted molar refractivity (Wildman–Crippen MR) is 110 cm³/mol. The fourth-order valence-electron chi connectivity index (χ4n) is 3.72. The number of anilines is 1. The smallest absolute Gasteiger partial charge is 0.243 e. The van der Waals surface area contributed by atoms with Crippen LogP contribution in [-0.2, 0) is 19.6 Å². The minimum atomic E-state index is -3.64. The number of nitrogens with one attached hydrogen (secondary N) is 1. The Morgan fingerprint density at radius 1 is 1.25 bits per heavy atom. The van der Waals surface area contributed by atoms with Gasteiger partial charge in [-0.3, -0.25) is 9.59 Å². The molecule has 0 unspecified atom stereocenters. The molecule has 1 aromatic carbocycles. The van der Waals surface area contributed by atoms with Crippen molar-refractivity contribution in [1.29, 1.82) is 0 Å². The molecule has 2 aliphatic rings. The molecule has 0 aromatic heterocycles. The Morgan fingerprint density at radius 3 is 2.57 bits per heavy atom. The zero-order chi connectivity index (χ0) is 20.3. The van der Waals surface area contributed by atoms with Gasteiger partial charge in [0, 0.05) is 24.0 Å². The molecule has 0 radical (unpaired) electrons. The molecule has 0 saturated heterocycles. The lowest BCUT2D eigenvalue weighted by Gasteiger charge is -2.30. The lowest BCUT2D eigenvalue weighted by atomic mass is 10.2. The maximum atomic E-state index is 12.9. The van der Waals surface area contributed by atoms with Gasteiger partial charge in [0.2, 0.25) is 21.8 Å². The van der Waals surface area contributed by atoms with Crippen molar-refractivity contribution in [2.24, 2.45) is 0 Å². The van der Waals surface area contributed by atoms with Gasteiger partial charge in [-0.05, 0) is 31.0 Å². The number of nitrogens with zero attached hydrogens (tertiary/aromatic N) is 2. The number of thioether (sulfide) groups is 1. The average molecular weight is 426 g/mol. The van der Waals surface area contributed by atoms with Crippen LogP contribution in [0.1, 0.15) is 39.5 Å². The van der Waals surface area contributed by atoms with Crippen LogP contribution in [0.25, 0.3) is 0 Å². The fraction of sp³-hybridized carbons (Fsp3) is 0.579. The van der Waals surface area contributed by atoms with E-state index >= 15 is 0 Å². The highest BCUT2D eigenvalue weighted by atomic mass is 32.2. The van der Waals surface area contributed by atoms with Crippen LogP contribution in [0.2, 0.25) is 0 Å². The molecule has 1 N–H and O–H groups in total. The van der Waals surface area contributed by atoms with E-state index in [1.54, 1.807) is 26.0 Å². The van der Waals surface area contributed by atoms with Crippen molar-refractivity contribution in [3.8, 4) is 0 Å². The van der Waals surface area contributed by atoms with Crippen LogP contribution < -0.4 is 10.2 Å². The molecular formula is C19H27N3O4S2. The molecule has 3 rings (SSSR count). The molecular weight excluding hydrogens is 398 g/mol. The molecule has 154 valence electrons. The maximum absolute atomic E-state index is 12.9. The number of carbonyl (C=O) groups is 2. The Balaban J connectivity index is 1.86. The van der Waals surface area contributed by atoms with Gasteiger partial charge in [0.25, 0.3) is 0 Å². The van der Waals surface area contributed by atoms with E-state index < -0.39 is 10.0 Å². The number of sulfonamides is 1. The van der Waals surface area contributed by atoms with Gasteiger partial charge in [0.1, 0.15) is 6.54 Å². The number of benzene rings is 1. The van der Waals surface area contributed by atoms with Gasteiger partial charge >= 0.3 is 0 Å². The Bertz CT molecular complexity index is 847. The third-order valence-electron chi connectivity index (χ3n) is 5.24. The van der Waals surface area contributed by atoms with Gasteiger partial charge in [-0.15, -0.1) is 11.8 Å². The van der Waals surface area contributed by atoms with Gasteiger partial charge in [-0.1, -0.05) is 26.7 Å². The molecule has 1 heterocycles. The van der Waals surface area contributed by atoms with E-state index in [0.717, 1.165) is 30.6 Å². The Kier molecular flexibility index (Phi) is 6.67. The molecule has 1 fully saturated rings. The van der Waals surface area contributed by atoms with Gasteiger partial charge in [-0.25, -0.2) is 8.42 Å². The Labute approximate surface area is 170 Å². The summed E-state index contributed by atoms with van der Waals surface area (Å²) < 4.78 is 27.1. The molecule has 7 nitrogen and oxygen atoms in total. The topological polar surface area (TPSA) is 86.8 Å². The number of fused-ring (bicyclic) bond motifs is 1. The first-order chi connectivity index (χ1) is 13.4. The van der Waals surface area contributed by atoms with Crippen LogP contribution in [-0.4, -0.2) is 56.0 Å². The largest absolute Gasteiger partial charge is 0.352 e. The van der Waals surface area contributed by atoms with Crippen molar-refractivity contribution in [1.82, 2.24) is 9.62 Å². The van der Waals surface area contributed by atoms with Crippen molar-refractivity contribution < 1.29 is 18.0 Å². The predicted octanol–water partition coefficient (Wildman–Crippen LogP) is 2.21. The summed E-state index contributed by atoms with van der Waals surface area (Å²) in [7, 11) is -3.64. The molecule has 1 aliphatic heterocycles. The zero-order valence-electron chi connectivity index (χ0n) is 16.3.